The van der Waals surface area contributed by atoms with Crippen LogP contribution in [0.25, 0.3) is 0 Å². The Balaban J connectivity index is 1.31. The van der Waals surface area contributed by atoms with Gasteiger partial charge in [0.25, 0.3) is 0 Å². The lowest BCUT2D eigenvalue weighted by Crippen LogP contribution is -2.59. The van der Waals surface area contributed by atoms with Gasteiger partial charge in [0.05, 0.1) is 17.7 Å². The lowest BCUT2D eigenvalue weighted by atomic mass is 9.96. The van der Waals surface area contributed by atoms with E-state index in [-0.39, 0.29) is 31.2 Å². The zero-order valence-corrected chi connectivity index (χ0v) is 24.3. The van der Waals surface area contributed by atoms with Crippen LogP contribution < -0.4 is 9.64 Å². The standard InChI is InChI=1S/C31H39F3N6O2/c1-4-28(41)40-15-14-38(18-27(40)20(2)31(32,33)34)29-24-16-39(26-12-11-21-8-5-6-10-23(21)26)17-25(24)35-30(36-29)42-19-22-9-7-13-37(22)3/h4-6,8,10,20,22,26-27H,1,7,9,11-19H2,2-3H3/t20-,22+,26?,27?/m1/s1. The molecule has 1 amide bonds. The number of hydrogen-bond donors (Lipinski definition) is 0. The van der Waals surface area contributed by atoms with Crippen molar-refractivity contribution >= 4 is 11.7 Å². The molecule has 2 fully saturated rings. The van der Waals surface area contributed by atoms with Crippen molar-refractivity contribution in [2.75, 3.05) is 44.7 Å². The molecule has 1 aromatic carbocycles. The van der Waals surface area contributed by atoms with Gasteiger partial charge in [0.2, 0.25) is 5.91 Å². The molecule has 0 radical (unpaired) electrons. The summed E-state index contributed by atoms with van der Waals surface area (Å²) in [5, 5.41) is 0. The van der Waals surface area contributed by atoms with E-state index in [1.165, 1.54) is 16.0 Å². The first kappa shape index (κ1) is 28.9. The maximum absolute atomic E-state index is 14.0. The van der Waals surface area contributed by atoms with Crippen molar-refractivity contribution in [1.82, 2.24) is 24.7 Å². The second kappa shape index (κ2) is 11.5. The molecular weight excluding hydrogens is 545 g/mol. The van der Waals surface area contributed by atoms with Gasteiger partial charge in [-0.15, -0.1) is 0 Å². The van der Waals surface area contributed by atoms with E-state index in [0.29, 0.717) is 32.1 Å². The topological polar surface area (TPSA) is 65.0 Å². The molecule has 1 aromatic heterocycles. The van der Waals surface area contributed by atoms with E-state index in [4.69, 9.17) is 14.7 Å². The smallest absolute Gasteiger partial charge is 0.393 e. The second-order valence-electron chi connectivity index (χ2n) is 12.1. The highest BCUT2D eigenvalue weighted by Gasteiger charge is 2.47. The number of amides is 1. The molecule has 1 aliphatic carbocycles. The first-order valence-electron chi connectivity index (χ1n) is 14.9. The van der Waals surface area contributed by atoms with Crippen LogP contribution in [0.3, 0.4) is 0 Å². The number of rotatable bonds is 7. The Hall–Kier alpha value is -3.18. The molecule has 2 saturated heterocycles. The first-order valence-corrected chi connectivity index (χ1v) is 14.9. The van der Waals surface area contributed by atoms with Gasteiger partial charge >= 0.3 is 12.2 Å². The summed E-state index contributed by atoms with van der Waals surface area (Å²) in [6.45, 7) is 7.91. The maximum Gasteiger partial charge on any atom is 0.393 e. The molecule has 11 heteroatoms. The fourth-order valence-corrected chi connectivity index (χ4v) is 7.10. The molecule has 226 valence electrons. The summed E-state index contributed by atoms with van der Waals surface area (Å²) < 4.78 is 48.1. The minimum Gasteiger partial charge on any atom is -0.462 e. The van der Waals surface area contributed by atoms with Gasteiger partial charge in [-0.1, -0.05) is 37.8 Å². The Morgan fingerprint density at radius 1 is 1.17 bits per heavy atom. The van der Waals surface area contributed by atoms with Crippen LogP contribution >= 0.6 is 0 Å². The molecule has 3 aliphatic heterocycles. The SMILES string of the molecule is C=CC(=O)N1CCN(c2nc(OC[C@@H]3CCCN3C)nc3c2CN(C2CCc4ccccc42)C3)CC1[C@@H](C)C(F)(F)F. The zero-order valence-electron chi connectivity index (χ0n) is 24.3. The molecule has 4 aliphatic rings. The van der Waals surface area contributed by atoms with Crippen molar-refractivity contribution in [2.24, 2.45) is 5.92 Å². The van der Waals surface area contributed by atoms with Gasteiger partial charge in [-0.25, -0.2) is 0 Å². The molecule has 42 heavy (non-hydrogen) atoms. The number of piperazine rings is 1. The zero-order chi connectivity index (χ0) is 29.6. The Morgan fingerprint density at radius 2 is 1.98 bits per heavy atom. The average molecular weight is 585 g/mol. The van der Waals surface area contributed by atoms with Crippen molar-refractivity contribution in [2.45, 2.75) is 70.0 Å². The molecule has 4 atom stereocenters. The second-order valence-corrected chi connectivity index (χ2v) is 12.1. The van der Waals surface area contributed by atoms with Gasteiger partial charge in [0.15, 0.2) is 0 Å². The van der Waals surface area contributed by atoms with Gasteiger partial charge in [-0.2, -0.15) is 23.1 Å². The highest BCUT2D eigenvalue weighted by molar-refractivity contribution is 5.87. The molecule has 0 N–H and O–H groups in total. The Kier molecular flexibility index (Phi) is 7.91. The van der Waals surface area contributed by atoms with Gasteiger partial charge in [0.1, 0.15) is 12.4 Å². The molecule has 6 rings (SSSR count). The number of anilines is 1. The Labute approximate surface area is 245 Å². The first-order chi connectivity index (χ1) is 20.1. The number of nitrogens with zero attached hydrogens (tertiary/aromatic N) is 6. The van der Waals surface area contributed by atoms with Crippen molar-refractivity contribution in [1.29, 1.82) is 0 Å². The van der Waals surface area contributed by atoms with E-state index in [0.717, 1.165) is 56.5 Å². The molecule has 4 heterocycles. The number of halogens is 3. The van der Waals surface area contributed by atoms with Crippen LogP contribution in [0.15, 0.2) is 36.9 Å². The summed E-state index contributed by atoms with van der Waals surface area (Å²) >= 11 is 0. The van der Waals surface area contributed by atoms with Crippen LogP contribution in [-0.2, 0) is 24.3 Å². The molecule has 0 spiro atoms. The lowest BCUT2D eigenvalue weighted by molar-refractivity contribution is -0.187. The third-order valence-electron chi connectivity index (χ3n) is 9.65. The minimum atomic E-state index is -4.45. The normalized spacial score (nSPS) is 25.4. The third kappa shape index (κ3) is 5.48. The predicted molar refractivity (Wildman–Crippen MR) is 153 cm³/mol. The molecule has 0 saturated carbocycles. The van der Waals surface area contributed by atoms with Crippen LogP contribution in [0, 0.1) is 5.92 Å². The van der Waals surface area contributed by atoms with Gasteiger partial charge in [-0.3, -0.25) is 9.69 Å². The summed E-state index contributed by atoms with van der Waals surface area (Å²) in [5.41, 5.74) is 4.49. The molecule has 8 nitrogen and oxygen atoms in total. The van der Waals surface area contributed by atoms with E-state index < -0.39 is 24.0 Å². The van der Waals surface area contributed by atoms with Crippen LogP contribution in [0.5, 0.6) is 6.01 Å². The van der Waals surface area contributed by atoms with Gasteiger partial charge in [-0.05, 0) is 56.5 Å². The van der Waals surface area contributed by atoms with Gasteiger partial charge in [0, 0.05) is 50.4 Å². The number of hydrogen-bond acceptors (Lipinski definition) is 7. The van der Waals surface area contributed by atoms with Crippen molar-refractivity contribution < 1.29 is 22.7 Å². The summed E-state index contributed by atoms with van der Waals surface area (Å²) in [5.74, 6) is -1.58. The highest BCUT2D eigenvalue weighted by atomic mass is 19.4. The number of fused-ring (bicyclic) bond motifs is 2. The lowest BCUT2D eigenvalue weighted by Gasteiger charge is -2.44. The van der Waals surface area contributed by atoms with Crippen LogP contribution in [0.2, 0.25) is 0 Å². The summed E-state index contributed by atoms with van der Waals surface area (Å²) in [7, 11) is 2.08. The number of benzene rings is 1. The van der Waals surface area contributed by atoms with E-state index in [1.807, 2.05) is 4.90 Å². The summed E-state index contributed by atoms with van der Waals surface area (Å²) in [6, 6.07) is 8.25. The number of ether oxygens (including phenoxy) is 1. The fourth-order valence-electron chi connectivity index (χ4n) is 7.10. The van der Waals surface area contributed by atoms with Crippen molar-refractivity contribution in [3.63, 3.8) is 0 Å². The van der Waals surface area contributed by atoms with E-state index >= 15 is 0 Å². The molecular formula is C31H39F3N6O2. The summed E-state index contributed by atoms with van der Waals surface area (Å²) in [6.07, 6.45) is 0.837. The van der Waals surface area contributed by atoms with Crippen LogP contribution in [0.4, 0.5) is 19.0 Å². The number of aryl methyl sites for hydroxylation is 1. The van der Waals surface area contributed by atoms with E-state index in [9.17, 15) is 18.0 Å². The van der Waals surface area contributed by atoms with Crippen LogP contribution in [-0.4, -0.2) is 88.7 Å². The fraction of sp³-hybridized carbons (Fsp3) is 0.581. The number of likely N-dealkylation sites (N-methyl/N-ethyl adjacent to an activating group) is 1. The number of alkyl halides is 3. The monoisotopic (exact) mass is 584 g/mol. The maximum atomic E-state index is 14.0. The van der Waals surface area contributed by atoms with E-state index in [1.54, 1.807) is 0 Å². The number of likely N-dealkylation sites (tertiary alicyclic amines) is 1. The highest BCUT2D eigenvalue weighted by Crippen LogP contribution is 2.42. The van der Waals surface area contributed by atoms with Crippen molar-refractivity contribution in [3.8, 4) is 6.01 Å². The Morgan fingerprint density at radius 3 is 2.71 bits per heavy atom. The minimum absolute atomic E-state index is 0.0147. The number of carbonyl (C=O) groups excluding carboxylic acids is 1. The number of aromatic nitrogens is 2. The quantitative estimate of drug-likeness (QED) is 0.449. The summed E-state index contributed by atoms with van der Waals surface area (Å²) in [4.78, 5) is 30.2. The Bertz CT molecular complexity index is 1340. The molecule has 2 aromatic rings. The number of carbonyl (C=O) groups is 1. The average Bonchev–Trinajstić information content (AvgIpc) is 3.71. The van der Waals surface area contributed by atoms with E-state index in [2.05, 4.69) is 47.7 Å². The van der Waals surface area contributed by atoms with Crippen LogP contribution in [0.1, 0.15) is 54.6 Å². The predicted octanol–water partition coefficient (Wildman–Crippen LogP) is 4.35. The molecule has 2 unspecified atom stereocenters. The van der Waals surface area contributed by atoms with Gasteiger partial charge < -0.3 is 19.4 Å². The van der Waals surface area contributed by atoms with Crippen molar-refractivity contribution in [3.05, 3.63) is 59.3 Å². The largest absolute Gasteiger partial charge is 0.462 e. The third-order valence-corrected chi connectivity index (χ3v) is 9.65. The molecule has 0 bridgehead atoms.